The number of carbonyl (C=O) groups excluding carboxylic acids is 1. The number of carbonyl (C=O) groups is 1. The molecule has 22 heavy (non-hydrogen) atoms. The minimum Gasteiger partial charge on any atom is -0.381 e. The maximum atomic E-state index is 12.1. The second-order valence-corrected chi connectivity index (χ2v) is 6.70. The molecule has 1 aliphatic rings. The van der Waals surface area contributed by atoms with Crippen LogP contribution in [0.5, 0.6) is 0 Å². The van der Waals surface area contributed by atoms with E-state index in [1.807, 2.05) is 25.1 Å². The average Bonchev–Trinajstić information content (AvgIpc) is 3.00. The molecule has 0 saturated carbocycles. The van der Waals surface area contributed by atoms with Gasteiger partial charge in [0.1, 0.15) is 5.82 Å². The van der Waals surface area contributed by atoms with Crippen molar-refractivity contribution < 1.29 is 9.53 Å². The van der Waals surface area contributed by atoms with Crippen molar-refractivity contribution in [3.63, 3.8) is 0 Å². The Morgan fingerprint density at radius 2 is 2.36 bits per heavy atom. The van der Waals surface area contributed by atoms with E-state index in [0.29, 0.717) is 13.2 Å². The topological polar surface area (TPSA) is 64.1 Å². The third-order valence-electron chi connectivity index (χ3n) is 3.65. The average molecular weight is 317 g/mol. The third kappa shape index (κ3) is 3.69. The lowest BCUT2D eigenvalue weighted by atomic mass is 10.0. The molecule has 2 aromatic heterocycles. The maximum Gasteiger partial charge on any atom is 0.261 e. The fourth-order valence-corrected chi connectivity index (χ4v) is 3.25. The molecule has 1 amide bonds. The molecule has 3 rings (SSSR count). The van der Waals surface area contributed by atoms with Crippen molar-refractivity contribution >= 4 is 17.2 Å². The van der Waals surface area contributed by atoms with Crippen LogP contribution < -0.4 is 5.32 Å². The number of hydrogen-bond acceptors (Lipinski definition) is 5. The zero-order chi connectivity index (χ0) is 15.4. The normalized spacial score (nSPS) is 18.1. The van der Waals surface area contributed by atoms with Crippen LogP contribution in [0.1, 0.15) is 44.8 Å². The largest absolute Gasteiger partial charge is 0.381 e. The molecule has 1 aliphatic heterocycles. The van der Waals surface area contributed by atoms with Gasteiger partial charge in [0.05, 0.1) is 23.7 Å². The Morgan fingerprint density at radius 3 is 3.09 bits per heavy atom. The Hall–Kier alpha value is -1.79. The number of aryl methyl sites for hydroxylation is 1. The first-order chi connectivity index (χ1) is 10.7. The quantitative estimate of drug-likeness (QED) is 0.941. The first kappa shape index (κ1) is 15.1. The lowest BCUT2D eigenvalue weighted by molar-refractivity contribution is 0.0779. The predicted molar refractivity (Wildman–Crippen MR) is 85.1 cm³/mol. The lowest BCUT2D eigenvalue weighted by Gasteiger charge is -2.20. The molecule has 1 saturated heterocycles. The number of thiophene rings is 1. The molecule has 0 spiro atoms. The Morgan fingerprint density at radius 1 is 1.45 bits per heavy atom. The van der Waals surface area contributed by atoms with Gasteiger partial charge in [-0.2, -0.15) is 0 Å². The minimum absolute atomic E-state index is 0.0562. The Bertz CT molecular complexity index is 650. The van der Waals surface area contributed by atoms with Gasteiger partial charge in [0, 0.05) is 23.6 Å². The number of aromatic nitrogens is 2. The minimum atomic E-state index is -0.0562. The molecule has 0 radical (unpaired) electrons. The summed E-state index contributed by atoms with van der Waals surface area (Å²) in [7, 11) is 0. The molecule has 3 heterocycles. The van der Waals surface area contributed by atoms with Crippen molar-refractivity contribution in [2.75, 3.05) is 13.2 Å². The van der Waals surface area contributed by atoms with Gasteiger partial charge in [0.15, 0.2) is 0 Å². The molecule has 1 N–H and O–H groups in total. The number of nitrogens with zero attached hydrogens (tertiary/aromatic N) is 2. The summed E-state index contributed by atoms with van der Waals surface area (Å²) in [5.74, 6) is 1.03. The number of amides is 1. The monoisotopic (exact) mass is 317 g/mol. The predicted octanol–water partition coefficient (Wildman–Crippen LogP) is 2.67. The molecule has 1 fully saturated rings. The highest BCUT2D eigenvalue weighted by Crippen LogP contribution is 2.22. The summed E-state index contributed by atoms with van der Waals surface area (Å²) >= 11 is 1.50. The van der Waals surface area contributed by atoms with Gasteiger partial charge in [-0.3, -0.25) is 4.79 Å². The van der Waals surface area contributed by atoms with Crippen molar-refractivity contribution in [2.24, 2.45) is 0 Å². The standard InChI is InChI=1S/C16H19N3O2S/c1-11-4-5-14(22-11)16(20)18-9-13-6-7-17-15(19-13)12-3-2-8-21-10-12/h4-7,12H,2-3,8-10H2,1H3,(H,18,20)/t12-/m1/s1. The van der Waals surface area contributed by atoms with Crippen molar-refractivity contribution in [2.45, 2.75) is 32.2 Å². The van der Waals surface area contributed by atoms with E-state index < -0.39 is 0 Å². The van der Waals surface area contributed by atoms with Crippen molar-refractivity contribution in [3.8, 4) is 0 Å². The first-order valence-corrected chi connectivity index (χ1v) is 8.28. The highest BCUT2D eigenvalue weighted by molar-refractivity contribution is 7.13. The van der Waals surface area contributed by atoms with E-state index in [-0.39, 0.29) is 11.8 Å². The zero-order valence-electron chi connectivity index (χ0n) is 12.5. The van der Waals surface area contributed by atoms with Gasteiger partial charge < -0.3 is 10.1 Å². The Balaban J connectivity index is 1.61. The molecule has 1 atom stereocenters. The lowest BCUT2D eigenvalue weighted by Crippen LogP contribution is -2.23. The summed E-state index contributed by atoms with van der Waals surface area (Å²) in [4.78, 5) is 22.8. The van der Waals surface area contributed by atoms with Crippen LogP contribution in [0.4, 0.5) is 0 Å². The molecule has 0 aliphatic carbocycles. The Kier molecular flexibility index (Phi) is 4.80. The first-order valence-electron chi connectivity index (χ1n) is 7.46. The van der Waals surface area contributed by atoms with E-state index in [1.165, 1.54) is 11.3 Å². The van der Waals surface area contributed by atoms with Gasteiger partial charge in [-0.15, -0.1) is 11.3 Å². The molecular weight excluding hydrogens is 298 g/mol. The number of nitrogens with one attached hydrogen (secondary N) is 1. The van der Waals surface area contributed by atoms with Crippen LogP contribution in [-0.4, -0.2) is 29.1 Å². The van der Waals surface area contributed by atoms with E-state index in [4.69, 9.17) is 4.74 Å². The highest BCUT2D eigenvalue weighted by Gasteiger charge is 2.19. The van der Waals surface area contributed by atoms with Crippen LogP contribution in [0, 0.1) is 6.92 Å². The van der Waals surface area contributed by atoms with Crippen LogP contribution in [0.15, 0.2) is 24.4 Å². The molecule has 116 valence electrons. The van der Waals surface area contributed by atoms with E-state index in [9.17, 15) is 4.79 Å². The van der Waals surface area contributed by atoms with Gasteiger partial charge >= 0.3 is 0 Å². The van der Waals surface area contributed by atoms with E-state index in [1.54, 1.807) is 6.20 Å². The van der Waals surface area contributed by atoms with E-state index in [0.717, 1.165) is 40.7 Å². The Labute approximate surface area is 133 Å². The fourth-order valence-electron chi connectivity index (χ4n) is 2.47. The summed E-state index contributed by atoms with van der Waals surface area (Å²) in [6, 6.07) is 5.64. The third-order valence-corrected chi connectivity index (χ3v) is 4.65. The number of hydrogen-bond donors (Lipinski definition) is 1. The molecule has 0 aromatic carbocycles. The van der Waals surface area contributed by atoms with Gasteiger partial charge in [-0.25, -0.2) is 9.97 Å². The molecule has 6 heteroatoms. The summed E-state index contributed by atoms with van der Waals surface area (Å²) in [6.07, 6.45) is 3.87. The van der Waals surface area contributed by atoms with Gasteiger partial charge in [-0.1, -0.05) is 0 Å². The summed E-state index contributed by atoms with van der Waals surface area (Å²) < 4.78 is 5.49. The number of rotatable bonds is 4. The molecule has 0 bridgehead atoms. The molecule has 2 aromatic rings. The van der Waals surface area contributed by atoms with Crippen LogP contribution in [0.25, 0.3) is 0 Å². The molecular formula is C16H19N3O2S. The van der Waals surface area contributed by atoms with Crippen LogP contribution in [0.3, 0.4) is 0 Å². The van der Waals surface area contributed by atoms with Crippen LogP contribution >= 0.6 is 11.3 Å². The smallest absolute Gasteiger partial charge is 0.261 e. The highest BCUT2D eigenvalue weighted by atomic mass is 32.1. The van der Waals surface area contributed by atoms with Crippen LogP contribution in [-0.2, 0) is 11.3 Å². The van der Waals surface area contributed by atoms with Gasteiger partial charge in [0.2, 0.25) is 0 Å². The van der Waals surface area contributed by atoms with Crippen molar-refractivity contribution in [3.05, 3.63) is 45.7 Å². The van der Waals surface area contributed by atoms with Crippen molar-refractivity contribution in [1.82, 2.24) is 15.3 Å². The fraction of sp³-hybridized carbons (Fsp3) is 0.438. The summed E-state index contributed by atoms with van der Waals surface area (Å²) in [6.45, 7) is 3.92. The van der Waals surface area contributed by atoms with Crippen molar-refractivity contribution in [1.29, 1.82) is 0 Å². The molecule has 5 nitrogen and oxygen atoms in total. The van der Waals surface area contributed by atoms with Gasteiger partial charge in [-0.05, 0) is 38.0 Å². The SMILES string of the molecule is Cc1ccc(C(=O)NCc2ccnc([C@@H]3CCCOC3)n2)s1. The van der Waals surface area contributed by atoms with E-state index in [2.05, 4.69) is 15.3 Å². The molecule has 0 unspecified atom stereocenters. The van der Waals surface area contributed by atoms with Crippen LogP contribution in [0.2, 0.25) is 0 Å². The zero-order valence-corrected chi connectivity index (χ0v) is 13.4. The van der Waals surface area contributed by atoms with Gasteiger partial charge in [0.25, 0.3) is 5.91 Å². The summed E-state index contributed by atoms with van der Waals surface area (Å²) in [5, 5.41) is 2.91. The second-order valence-electron chi connectivity index (χ2n) is 5.41. The number of ether oxygens (including phenoxy) is 1. The maximum absolute atomic E-state index is 12.1. The second kappa shape index (κ2) is 6.98. The van der Waals surface area contributed by atoms with E-state index >= 15 is 0 Å². The summed E-state index contributed by atoms with van der Waals surface area (Å²) in [5.41, 5.74) is 0.831.